The van der Waals surface area contributed by atoms with Crippen molar-refractivity contribution in [1.82, 2.24) is 19.6 Å². The molecule has 2 aromatic heterocycles. The maximum absolute atomic E-state index is 13.9. The first-order valence-electron chi connectivity index (χ1n) is 10.4. The van der Waals surface area contributed by atoms with E-state index in [0.29, 0.717) is 17.2 Å². The molecule has 0 fully saturated rings. The molecule has 0 radical (unpaired) electrons. The SMILES string of the molecule is CC(C)c1ccc(OCn2ccc(C(=O)Nc3nn(Cc4ccccc4F)cc3Cl)n2)cc1. The standard InChI is InChI=1S/C24H23ClFN5O2/c1-16(2)17-7-9-19(10-8-17)33-15-30-12-11-22(28-30)24(32)27-23-20(25)14-31(29-23)13-18-5-3-4-6-21(18)26/h3-12,14,16H,13,15H2,1-2H3,(H,27,29,32). The minimum Gasteiger partial charge on any atom is -0.471 e. The van der Waals surface area contributed by atoms with Crippen LogP contribution in [-0.2, 0) is 13.3 Å². The normalized spacial score (nSPS) is 11.1. The van der Waals surface area contributed by atoms with Gasteiger partial charge in [-0.2, -0.15) is 10.2 Å². The van der Waals surface area contributed by atoms with Crippen molar-refractivity contribution in [3.63, 3.8) is 0 Å². The van der Waals surface area contributed by atoms with E-state index in [4.69, 9.17) is 16.3 Å². The first-order chi connectivity index (χ1) is 15.9. The average molecular weight is 468 g/mol. The van der Waals surface area contributed by atoms with Gasteiger partial charge in [-0.05, 0) is 35.7 Å². The summed E-state index contributed by atoms with van der Waals surface area (Å²) in [5.41, 5.74) is 1.89. The van der Waals surface area contributed by atoms with Gasteiger partial charge in [0.25, 0.3) is 5.91 Å². The number of hydrogen-bond acceptors (Lipinski definition) is 4. The molecule has 33 heavy (non-hydrogen) atoms. The van der Waals surface area contributed by atoms with Crippen LogP contribution in [0.15, 0.2) is 67.0 Å². The van der Waals surface area contributed by atoms with Crippen molar-refractivity contribution in [3.05, 3.63) is 94.7 Å². The number of benzene rings is 2. The van der Waals surface area contributed by atoms with E-state index in [2.05, 4.69) is 29.4 Å². The highest BCUT2D eigenvalue weighted by molar-refractivity contribution is 6.33. The summed E-state index contributed by atoms with van der Waals surface area (Å²) in [6.45, 7) is 4.61. The summed E-state index contributed by atoms with van der Waals surface area (Å²) in [6.07, 6.45) is 3.18. The third-order valence-corrected chi connectivity index (χ3v) is 5.30. The quantitative estimate of drug-likeness (QED) is 0.380. The Bertz CT molecular complexity index is 1250. The molecule has 0 unspecified atom stereocenters. The summed E-state index contributed by atoms with van der Waals surface area (Å²) in [7, 11) is 0. The molecule has 4 aromatic rings. The lowest BCUT2D eigenvalue weighted by Crippen LogP contribution is -2.15. The molecule has 0 aliphatic heterocycles. The molecular weight excluding hydrogens is 445 g/mol. The summed E-state index contributed by atoms with van der Waals surface area (Å²) < 4.78 is 22.6. The lowest BCUT2D eigenvalue weighted by atomic mass is 10.0. The smallest absolute Gasteiger partial charge is 0.277 e. The van der Waals surface area contributed by atoms with Gasteiger partial charge in [0.05, 0.1) is 6.54 Å². The highest BCUT2D eigenvalue weighted by Gasteiger charge is 2.15. The van der Waals surface area contributed by atoms with Gasteiger partial charge in [0.2, 0.25) is 0 Å². The number of rotatable bonds is 8. The molecule has 0 saturated heterocycles. The molecule has 2 heterocycles. The summed E-state index contributed by atoms with van der Waals surface area (Å²) in [6, 6.07) is 15.8. The fourth-order valence-corrected chi connectivity index (χ4v) is 3.38. The van der Waals surface area contributed by atoms with Gasteiger partial charge in [-0.1, -0.05) is 55.8 Å². The van der Waals surface area contributed by atoms with Gasteiger partial charge in [-0.15, -0.1) is 0 Å². The average Bonchev–Trinajstić information content (AvgIpc) is 3.41. The molecular formula is C24H23ClFN5O2. The van der Waals surface area contributed by atoms with Gasteiger partial charge in [0, 0.05) is 18.0 Å². The number of amides is 1. The van der Waals surface area contributed by atoms with E-state index in [0.717, 1.165) is 0 Å². The van der Waals surface area contributed by atoms with Gasteiger partial charge < -0.3 is 10.1 Å². The van der Waals surface area contributed by atoms with Crippen LogP contribution in [0.1, 0.15) is 41.4 Å². The Morgan fingerprint density at radius 3 is 2.58 bits per heavy atom. The van der Waals surface area contributed by atoms with Crippen LogP contribution in [-0.4, -0.2) is 25.5 Å². The van der Waals surface area contributed by atoms with Crippen molar-refractivity contribution in [2.24, 2.45) is 0 Å². The Labute approximate surface area is 195 Å². The number of carbonyl (C=O) groups is 1. The largest absolute Gasteiger partial charge is 0.471 e. The van der Waals surface area contributed by atoms with Crippen molar-refractivity contribution < 1.29 is 13.9 Å². The molecule has 0 saturated carbocycles. The Balaban J connectivity index is 1.35. The maximum Gasteiger partial charge on any atom is 0.277 e. The zero-order valence-electron chi connectivity index (χ0n) is 18.2. The highest BCUT2D eigenvalue weighted by atomic mass is 35.5. The number of nitrogens with zero attached hydrogens (tertiary/aromatic N) is 4. The number of carbonyl (C=O) groups excluding carboxylic acids is 1. The molecule has 0 bridgehead atoms. The minimum absolute atomic E-state index is 0.159. The number of nitrogens with one attached hydrogen (secondary N) is 1. The van der Waals surface area contributed by atoms with Gasteiger partial charge in [-0.3, -0.25) is 9.48 Å². The summed E-state index contributed by atoms with van der Waals surface area (Å²) in [5, 5.41) is 11.4. The second-order valence-electron chi connectivity index (χ2n) is 7.81. The molecule has 9 heteroatoms. The van der Waals surface area contributed by atoms with E-state index in [9.17, 15) is 9.18 Å². The zero-order chi connectivity index (χ0) is 23.4. The summed E-state index contributed by atoms with van der Waals surface area (Å²) in [5.74, 6) is 0.541. The molecule has 0 aliphatic rings. The number of aromatic nitrogens is 4. The van der Waals surface area contributed by atoms with E-state index in [1.807, 2.05) is 24.3 Å². The molecule has 0 aliphatic carbocycles. The van der Waals surface area contributed by atoms with Crippen molar-refractivity contribution in [3.8, 4) is 5.75 Å². The fourth-order valence-electron chi connectivity index (χ4n) is 3.18. The van der Waals surface area contributed by atoms with Gasteiger partial charge in [0.15, 0.2) is 18.2 Å². The van der Waals surface area contributed by atoms with Crippen molar-refractivity contribution in [2.75, 3.05) is 5.32 Å². The molecule has 170 valence electrons. The third kappa shape index (κ3) is 5.59. The number of anilines is 1. The van der Waals surface area contributed by atoms with Gasteiger partial charge in [-0.25, -0.2) is 9.07 Å². The molecule has 4 rings (SSSR count). The third-order valence-electron chi connectivity index (χ3n) is 5.02. The predicted molar refractivity (Wildman–Crippen MR) is 124 cm³/mol. The van der Waals surface area contributed by atoms with Crippen molar-refractivity contribution in [1.29, 1.82) is 0 Å². The minimum atomic E-state index is -0.465. The molecule has 0 atom stereocenters. The van der Waals surface area contributed by atoms with Crippen LogP contribution >= 0.6 is 11.6 Å². The van der Waals surface area contributed by atoms with E-state index < -0.39 is 5.91 Å². The van der Waals surface area contributed by atoms with Gasteiger partial charge in [0.1, 0.15) is 16.6 Å². The predicted octanol–water partition coefficient (Wildman–Crippen LogP) is 5.33. The first-order valence-corrected chi connectivity index (χ1v) is 10.8. The van der Waals surface area contributed by atoms with E-state index in [1.165, 1.54) is 27.2 Å². The van der Waals surface area contributed by atoms with E-state index >= 15 is 0 Å². The Kier molecular flexibility index (Phi) is 6.74. The summed E-state index contributed by atoms with van der Waals surface area (Å²) >= 11 is 6.20. The maximum atomic E-state index is 13.9. The van der Waals surface area contributed by atoms with Crippen LogP contribution in [0.25, 0.3) is 0 Å². The first kappa shape index (κ1) is 22.5. The Morgan fingerprint density at radius 1 is 1.09 bits per heavy atom. The van der Waals surface area contributed by atoms with Crippen molar-refractivity contribution in [2.45, 2.75) is 33.0 Å². The second-order valence-corrected chi connectivity index (χ2v) is 8.21. The topological polar surface area (TPSA) is 74.0 Å². The van der Waals surface area contributed by atoms with Crippen LogP contribution in [0, 0.1) is 5.82 Å². The van der Waals surface area contributed by atoms with E-state index in [1.54, 1.807) is 30.5 Å². The van der Waals surface area contributed by atoms with Crippen LogP contribution in [0.4, 0.5) is 10.2 Å². The number of hydrogen-bond donors (Lipinski definition) is 1. The number of halogens is 2. The number of ether oxygens (including phenoxy) is 1. The molecule has 2 aromatic carbocycles. The second kappa shape index (κ2) is 9.87. The van der Waals surface area contributed by atoms with Crippen LogP contribution in [0.3, 0.4) is 0 Å². The Hall–Kier alpha value is -3.65. The van der Waals surface area contributed by atoms with Gasteiger partial charge >= 0.3 is 0 Å². The van der Waals surface area contributed by atoms with Crippen LogP contribution < -0.4 is 10.1 Å². The van der Waals surface area contributed by atoms with Crippen LogP contribution in [0.5, 0.6) is 5.75 Å². The monoisotopic (exact) mass is 467 g/mol. The fraction of sp³-hybridized carbons (Fsp3) is 0.208. The molecule has 1 amide bonds. The van der Waals surface area contributed by atoms with Crippen molar-refractivity contribution >= 4 is 23.3 Å². The molecule has 0 spiro atoms. The molecule has 7 nitrogen and oxygen atoms in total. The lowest BCUT2D eigenvalue weighted by molar-refractivity contribution is 0.101. The highest BCUT2D eigenvalue weighted by Crippen LogP contribution is 2.21. The zero-order valence-corrected chi connectivity index (χ0v) is 19.0. The van der Waals surface area contributed by atoms with Crippen LogP contribution in [0.2, 0.25) is 5.02 Å². The van der Waals surface area contributed by atoms with E-state index in [-0.39, 0.29) is 35.6 Å². The summed E-state index contributed by atoms with van der Waals surface area (Å²) in [4.78, 5) is 12.6. The molecule has 1 N–H and O–H groups in total. The lowest BCUT2D eigenvalue weighted by Gasteiger charge is -2.09. The Morgan fingerprint density at radius 2 is 1.85 bits per heavy atom.